The van der Waals surface area contributed by atoms with Gasteiger partial charge >= 0.3 is 0 Å². The lowest BCUT2D eigenvalue weighted by atomic mass is 9.88. The molecule has 35 heavy (non-hydrogen) atoms. The van der Waals surface area contributed by atoms with Crippen LogP contribution in [0.2, 0.25) is 5.02 Å². The Balaban J connectivity index is 1.35. The zero-order valence-electron chi connectivity index (χ0n) is 21.0. The van der Waals surface area contributed by atoms with Gasteiger partial charge in [-0.05, 0) is 62.6 Å². The lowest BCUT2D eigenvalue weighted by molar-refractivity contribution is -0.133. The largest absolute Gasteiger partial charge is 0.353 e. The Kier molecular flexibility index (Phi) is 6.51. The van der Waals surface area contributed by atoms with Gasteiger partial charge in [0, 0.05) is 43.3 Å². The Hall–Kier alpha value is -2.25. The first-order chi connectivity index (χ1) is 16.6. The molecule has 2 fully saturated rings. The minimum atomic E-state index is -0.481. The summed E-state index contributed by atoms with van der Waals surface area (Å²) < 4.78 is 14.4. The molecule has 0 spiro atoms. The van der Waals surface area contributed by atoms with Crippen molar-refractivity contribution in [3.63, 3.8) is 0 Å². The number of rotatable bonds is 4. The summed E-state index contributed by atoms with van der Waals surface area (Å²) in [5, 5.41) is 3.70. The van der Waals surface area contributed by atoms with Gasteiger partial charge in [-0.15, -0.1) is 0 Å². The van der Waals surface area contributed by atoms with E-state index in [-0.39, 0.29) is 22.5 Å². The van der Waals surface area contributed by atoms with Crippen molar-refractivity contribution in [1.82, 2.24) is 20.2 Å². The summed E-state index contributed by atoms with van der Waals surface area (Å²) in [7, 11) is 0. The molecule has 1 aromatic heterocycles. The zero-order chi connectivity index (χ0) is 24.9. The second-order valence-electron chi connectivity index (χ2n) is 11.2. The topological polar surface area (TPSA) is 61.4 Å². The highest BCUT2D eigenvalue weighted by Gasteiger charge is 2.41. The van der Waals surface area contributed by atoms with Crippen molar-refractivity contribution in [2.45, 2.75) is 76.3 Å². The number of benzene rings is 1. The molecule has 2 aromatic rings. The highest BCUT2D eigenvalue weighted by molar-refractivity contribution is 6.30. The monoisotopic (exact) mass is 499 g/mol. The normalized spacial score (nSPS) is 26.6. The Bertz CT molecular complexity index is 1120. The average Bonchev–Trinajstić information content (AvgIpc) is 3.34. The van der Waals surface area contributed by atoms with Gasteiger partial charge in [0.1, 0.15) is 18.0 Å². The third-order valence-corrected chi connectivity index (χ3v) is 8.39. The van der Waals surface area contributed by atoms with Crippen molar-refractivity contribution in [3.05, 3.63) is 52.2 Å². The molecule has 188 valence electrons. The molecule has 1 N–H and O–H groups in total. The summed E-state index contributed by atoms with van der Waals surface area (Å²) in [6.45, 7) is 11.5. The SMILES string of the molecule is C[C@@H]1C[C@H](C)c2ncnc(N3CCN(C(=O)[C@@H](c4ccc(Cl)c(F)c4)[C@@H]4CCC(C)(C)N4)CC3)c21. The molecule has 1 aromatic carbocycles. The fraction of sp³-hybridized carbons (Fsp3) is 0.593. The van der Waals surface area contributed by atoms with Crippen LogP contribution in [0.15, 0.2) is 24.5 Å². The number of nitrogens with one attached hydrogen (secondary N) is 1. The molecule has 1 aliphatic carbocycles. The van der Waals surface area contributed by atoms with E-state index >= 15 is 0 Å². The van der Waals surface area contributed by atoms with Gasteiger partial charge in [-0.3, -0.25) is 4.79 Å². The number of carbonyl (C=O) groups is 1. The van der Waals surface area contributed by atoms with E-state index in [1.807, 2.05) is 4.90 Å². The van der Waals surface area contributed by atoms with Crippen molar-refractivity contribution in [2.24, 2.45) is 0 Å². The summed E-state index contributed by atoms with van der Waals surface area (Å²) >= 11 is 5.95. The van der Waals surface area contributed by atoms with Crippen LogP contribution < -0.4 is 10.2 Å². The molecule has 2 saturated heterocycles. The number of piperazine rings is 1. The first-order valence-electron chi connectivity index (χ1n) is 12.8. The van der Waals surface area contributed by atoms with E-state index < -0.39 is 11.7 Å². The van der Waals surface area contributed by atoms with Crippen molar-refractivity contribution >= 4 is 23.3 Å². The number of carbonyl (C=O) groups excluding carboxylic acids is 1. The first-order valence-corrected chi connectivity index (χ1v) is 13.1. The number of amides is 1. The quantitative estimate of drug-likeness (QED) is 0.652. The maximum absolute atomic E-state index is 14.4. The molecule has 3 heterocycles. The van der Waals surface area contributed by atoms with Gasteiger partial charge in [0.05, 0.1) is 16.6 Å². The maximum atomic E-state index is 14.4. The van der Waals surface area contributed by atoms with Crippen molar-refractivity contribution in [3.8, 4) is 0 Å². The number of fused-ring (bicyclic) bond motifs is 1. The van der Waals surface area contributed by atoms with Crippen LogP contribution in [0.1, 0.15) is 81.5 Å². The van der Waals surface area contributed by atoms with Crippen LogP contribution in [0.4, 0.5) is 10.2 Å². The summed E-state index contributed by atoms with van der Waals surface area (Å²) in [4.78, 5) is 27.4. The van der Waals surface area contributed by atoms with Crippen LogP contribution in [0.3, 0.4) is 0 Å². The molecule has 6 nitrogen and oxygen atoms in total. The predicted molar refractivity (Wildman–Crippen MR) is 137 cm³/mol. The van der Waals surface area contributed by atoms with Gasteiger partial charge in [0.25, 0.3) is 0 Å². The second kappa shape index (κ2) is 9.32. The maximum Gasteiger partial charge on any atom is 0.231 e. The van der Waals surface area contributed by atoms with E-state index in [4.69, 9.17) is 11.6 Å². The van der Waals surface area contributed by atoms with Gasteiger partial charge < -0.3 is 15.1 Å². The Morgan fingerprint density at radius 3 is 2.57 bits per heavy atom. The Labute approximate surface area is 212 Å². The molecule has 0 radical (unpaired) electrons. The summed E-state index contributed by atoms with van der Waals surface area (Å²) in [6.07, 6.45) is 4.62. The summed E-state index contributed by atoms with van der Waals surface area (Å²) in [5.41, 5.74) is 3.08. The highest BCUT2D eigenvalue weighted by Crippen LogP contribution is 2.44. The lowest BCUT2D eigenvalue weighted by Crippen LogP contribution is -2.53. The Morgan fingerprint density at radius 2 is 1.91 bits per heavy atom. The summed E-state index contributed by atoms with van der Waals surface area (Å²) in [5.74, 6) is 1.04. The standard InChI is InChI=1S/C27H35ClFN5O/c1-16-13-17(2)24-22(16)25(31-15-30-24)33-9-11-34(12-10-33)26(35)23(21-7-8-27(3,4)32-21)18-5-6-19(28)20(29)14-18/h5-6,14-17,21,23,32H,7-13H2,1-4H3/t16-,17+,21+,23+/m1/s1. The molecule has 1 amide bonds. The molecular formula is C27H35ClFN5O. The van der Waals surface area contributed by atoms with E-state index in [0.29, 0.717) is 30.5 Å². The van der Waals surface area contributed by atoms with Gasteiger partial charge in [-0.2, -0.15) is 0 Å². The lowest BCUT2D eigenvalue weighted by Gasteiger charge is -2.39. The predicted octanol–water partition coefficient (Wildman–Crippen LogP) is 4.84. The first kappa shape index (κ1) is 24.4. The van der Waals surface area contributed by atoms with Gasteiger partial charge in [-0.25, -0.2) is 14.4 Å². The third-order valence-electron chi connectivity index (χ3n) is 8.08. The summed E-state index contributed by atoms with van der Waals surface area (Å²) in [6, 6.07) is 4.75. The van der Waals surface area contributed by atoms with Gasteiger partial charge in [0.2, 0.25) is 5.91 Å². The molecule has 2 aliphatic heterocycles. The molecule has 3 aliphatic rings. The van der Waals surface area contributed by atoms with Crippen molar-refractivity contribution < 1.29 is 9.18 Å². The number of hydrogen-bond acceptors (Lipinski definition) is 5. The highest BCUT2D eigenvalue weighted by atomic mass is 35.5. The van der Waals surface area contributed by atoms with Crippen molar-refractivity contribution in [1.29, 1.82) is 0 Å². The van der Waals surface area contributed by atoms with Crippen molar-refractivity contribution in [2.75, 3.05) is 31.1 Å². The van der Waals surface area contributed by atoms with Crippen LogP contribution in [0.25, 0.3) is 0 Å². The van der Waals surface area contributed by atoms with Crippen LogP contribution in [0, 0.1) is 5.82 Å². The van der Waals surface area contributed by atoms with Crippen LogP contribution in [-0.4, -0.2) is 58.5 Å². The number of anilines is 1. The smallest absolute Gasteiger partial charge is 0.231 e. The Morgan fingerprint density at radius 1 is 1.17 bits per heavy atom. The second-order valence-corrected chi connectivity index (χ2v) is 11.6. The molecule has 0 bridgehead atoms. The minimum absolute atomic E-state index is 0.0384. The van der Waals surface area contributed by atoms with E-state index in [9.17, 15) is 9.18 Å². The van der Waals surface area contributed by atoms with E-state index in [0.717, 1.165) is 38.2 Å². The molecule has 0 saturated carbocycles. The molecule has 5 rings (SSSR count). The van der Waals surface area contributed by atoms with Crippen LogP contribution >= 0.6 is 11.6 Å². The van der Waals surface area contributed by atoms with E-state index in [1.54, 1.807) is 18.5 Å². The molecular weight excluding hydrogens is 465 g/mol. The number of nitrogens with zero attached hydrogens (tertiary/aromatic N) is 4. The van der Waals surface area contributed by atoms with E-state index in [1.165, 1.54) is 17.3 Å². The van der Waals surface area contributed by atoms with E-state index in [2.05, 4.69) is 47.9 Å². The molecule has 0 unspecified atom stereocenters. The molecule has 4 atom stereocenters. The van der Waals surface area contributed by atoms with Gasteiger partial charge in [-0.1, -0.05) is 31.5 Å². The third kappa shape index (κ3) is 4.65. The number of aromatic nitrogens is 2. The number of hydrogen-bond donors (Lipinski definition) is 1. The fourth-order valence-electron chi connectivity index (χ4n) is 6.28. The minimum Gasteiger partial charge on any atom is -0.353 e. The molecule has 8 heteroatoms. The fourth-order valence-corrected chi connectivity index (χ4v) is 6.40. The van der Waals surface area contributed by atoms with Gasteiger partial charge in [0.15, 0.2) is 0 Å². The number of halogens is 2. The zero-order valence-corrected chi connectivity index (χ0v) is 21.8. The van der Waals surface area contributed by atoms with Crippen LogP contribution in [-0.2, 0) is 4.79 Å². The average molecular weight is 500 g/mol. The van der Waals surface area contributed by atoms with Crippen LogP contribution in [0.5, 0.6) is 0 Å².